The highest BCUT2D eigenvalue weighted by molar-refractivity contribution is 9.11. The predicted octanol–water partition coefficient (Wildman–Crippen LogP) is 2.11. The fourth-order valence-corrected chi connectivity index (χ4v) is 3.66. The van der Waals surface area contributed by atoms with Gasteiger partial charge in [0.05, 0.1) is 3.79 Å². The molecule has 0 bridgehead atoms. The molecule has 14 heavy (non-hydrogen) atoms. The number of benzene rings is 1. The second-order valence-corrected chi connectivity index (χ2v) is 6.09. The van der Waals surface area contributed by atoms with E-state index in [-0.39, 0.29) is 0 Å². The first-order valence-electron chi connectivity index (χ1n) is 3.83. The molecular formula is C8H5BBr2O2S. The van der Waals surface area contributed by atoms with Gasteiger partial charge in [-0.05, 0) is 33.4 Å². The van der Waals surface area contributed by atoms with Crippen LogP contribution in [0.4, 0.5) is 0 Å². The summed E-state index contributed by atoms with van der Waals surface area (Å²) in [5.74, 6) is 0. The molecule has 2 nitrogen and oxygen atoms in total. The van der Waals surface area contributed by atoms with E-state index in [0.29, 0.717) is 9.94 Å². The van der Waals surface area contributed by atoms with E-state index in [1.54, 1.807) is 0 Å². The first-order chi connectivity index (χ1) is 6.59. The van der Waals surface area contributed by atoms with Gasteiger partial charge in [-0.25, -0.2) is 0 Å². The van der Waals surface area contributed by atoms with E-state index in [4.69, 9.17) is 0 Å². The van der Waals surface area contributed by atoms with E-state index in [1.807, 2.05) is 18.2 Å². The van der Waals surface area contributed by atoms with Gasteiger partial charge in [-0.3, -0.25) is 0 Å². The van der Waals surface area contributed by atoms with Crippen LogP contribution in [0.1, 0.15) is 0 Å². The SMILES string of the molecule is OB(O)c1c(Br)ccc2cc(Br)sc12. The predicted molar refractivity (Wildman–Crippen MR) is 67.1 cm³/mol. The van der Waals surface area contributed by atoms with Crippen LogP contribution in [-0.2, 0) is 0 Å². The summed E-state index contributed by atoms with van der Waals surface area (Å²) in [5, 5.41) is 19.5. The Kier molecular flexibility index (Phi) is 2.99. The average Bonchev–Trinajstić information content (AvgIpc) is 2.43. The van der Waals surface area contributed by atoms with Crippen LogP contribution in [0.5, 0.6) is 0 Å². The Balaban J connectivity index is 2.82. The maximum atomic E-state index is 9.23. The lowest BCUT2D eigenvalue weighted by Crippen LogP contribution is -2.31. The molecule has 0 aliphatic heterocycles. The first-order valence-corrected chi connectivity index (χ1v) is 6.23. The maximum absolute atomic E-state index is 9.23. The van der Waals surface area contributed by atoms with Gasteiger partial charge < -0.3 is 10.0 Å². The van der Waals surface area contributed by atoms with Crippen LogP contribution in [0.2, 0.25) is 0 Å². The quantitative estimate of drug-likeness (QED) is 0.784. The molecule has 0 saturated heterocycles. The lowest BCUT2D eigenvalue weighted by atomic mass is 9.80. The first kappa shape index (κ1) is 10.6. The van der Waals surface area contributed by atoms with Crippen LogP contribution in [-0.4, -0.2) is 17.2 Å². The van der Waals surface area contributed by atoms with Crippen molar-refractivity contribution < 1.29 is 10.0 Å². The molecule has 0 radical (unpaired) electrons. The van der Waals surface area contributed by atoms with Gasteiger partial charge in [0, 0.05) is 14.6 Å². The Morgan fingerprint density at radius 2 is 1.93 bits per heavy atom. The highest BCUT2D eigenvalue weighted by atomic mass is 79.9. The third kappa shape index (κ3) is 1.77. The van der Waals surface area contributed by atoms with E-state index in [2.05, 4.69) is 31.9 Å². The molecule has 1 aromatic carbocycles. The summed E-state index contributed by atoms with van der Waals surface area (Å²) in [4.78, 5) is 0. The van der Waals surface area contributed by atoms with Crippen molar-refractivity contribution in [3.8, 4) is 0 Å². The van der Waals surface area contributed by atoms with Crippen molar-refractivity contribution >= 4 is 65.9 Å². The van der Waals surface area contributed by atoms with Crippen LogP contribution >= 0.6 is 43.2 Å². The summed E-state index contributed by atoms with van der Waals surface area (Å²) in [6.45, 7) is 0. The average molecular weight is 336 g/mol. The second-order valence-electron chi connectivity index (χ2n) is 2.80. The van der Waals surface area contributed by atoms with Gasteiger partial charge >= 0.3 is 7.12 Å². The molecule has 0 aliphatic rings. The van der Waals surface area contributed by atoms with Gasteiger partial charge in [0.1, 0.15) is 0 Å². The summed E-state index contributed by atoms with van der Waals surface area (Å²) in [5.41, 5.74) is 0.526. The van der Waals surface area contributed by atoms with Crippen molar-refractivity contribution in [3.63, 3.8) is 0 Å². The molecule has 0 fully saturated rings. The minimum atomic E-state index is -1.45. The summed E-state index contributed by atoms with van der Waals surface area (Å²) in [7, 11) is -1.45. The second kappa shape index (κ2) is 3.94. The fraction of sp³-hybridized carbons (Fsp3) is 0. The highest BCUT2D eigenvalue weighted by Crippen LogP contribution is 2.30. The van der Waals surface area contributed by atoms with Gasteiger partial charge in [-0.2, -0.15) is 0 Å². The number of thiophene rings is 1. The molecule has 2 rings (SSSR count). The van der Waals surface area contributed by atoms with E-state index in [0.717, 1.165) is 13.9 Å². The zero-order valence-corrected chi connectivity index (χ0v) is 10.9. The van der Waals surface area contributed by atoms with Crippen LogP contribution in [0, 0.1) is 0 Å². The Bertz CT molecular complexity index is 483. The van der Waals surface area contributed by atoms with Crippen molar-refractivity contribution in [2.24, 2.45) is 0 Å². The van der Waals surface area contributed by atoms with Crippen LogP contribution in [0.15, 0.2) is 26.5 Å². The molecule has 1 aromatic heterocycles. The van der Waals surface area contributed by atoms with Gasteiger partial charge in [-0.1, -0.05) is 22.0 Å². The Labute approximate surface area is 102 Å². The number of hydrogen-bond acceptors (Lipinski definition) is 3. The summed E-state index contributed by atoms with van der Waals surface area (Å²) < 4.78 is 2.59. The topological polar surface area (TPSA) is 40.5 Å². The minimum Gasteiger partial charge on any atom is -0.423 e. The summed E-state index contributed by atoms with van der Waals surface area (Å²) in [6.07, 6.45) is 0. The number of rotatable bonds is 1. The Morgan fingerprint density at radius 1 is 1.21 bits per heavy atom. The third-order valence-electron chi connectivity index (χ3n) is 1.90. The van der Waals surface area contributed by atoms with Crippen LogP contribution in [0.3, 0.4) is 0 Å². The normalized spacial score (nSPS) is 10.9. The molecule has 0 saturated carbocycles. The van der Waals surface area contributed by atoms with E-state index in [1.165, 1.54) is 11.3 Å². The highest BCUT2D eigenvalue weighted by Gasteiger charge is 2.19. The molecule has 6 heteroatoms. The van der Waals surface area contributed by atoms with Gasteiger partial charge in [0.2, 0.25) is 0 Å². The van der Waals surface area contributed by atoms with Gasteiger partial charge in [-0.15, -0.1) is 11.3 Å². The standard InChI is InChI=1S/C8H5BBr2O2S/c10-5-2-1-4-3-6(11)14-8(4)7(5)9(12)13/h1-3,12-13H. The van der Waals surface area contributed by atoms with Crippen LogP contribution < -0.4 is 5.46 Å². The molecule has 72 valence electrons. The van der Waals surface area contributed by atoms with E-state index >= 15 is 0 Å². The Hall–Kier alpha value is 0.125. The lowest BCUT2D eigenvalue weighted by molar-refractivity contribution is 0.426. The molecule has 0 unspecified atom stereocenters. The largest absolute Gasteiger partial charge is 0.491 e. The minimum absolute atomic E-state index is 0.526. The van der Waals surface area contributed by atoms with Crippen LogP contribution in [0.25, 0.3) is 10.1 Å². The zero-order valence-electron chi connectivity index (χ0n) is 6.87. The molecule has 2 N–H and O–H groups in total. The van der Waals surface area contributed by atoms with Crippen molar-refractivity contribution in [2.45, 2.75) is 0 Å². The summed E-state index contributed by atoms with van der Waals surface area (Å²) in [6, 6.07) is 5.71. The Morgan fingerprint density at radius 3 is 2.57 bits per heavy atom. The fourth-order valence-electron chi connectivity index (χ4n) is 1.31. The van der Waals surface area contributed by atoms with Gasteiger partial charge in [0.25, 0.3) is 0 Å². The molecule has 0 spiro atoms. The van der Waals surface area contributed by atoms with Crippen molar-refractivity contribution in [1.29, 1.82) is 0 Å². The maximum Gasteiger partial charge on any atom is 0.491 e. The molecule has 0 atom stereocenters. The lowest BCUT2D eigenvalue weighted by Gasteiger charge is -2.03. The molecule has 0 amide bonds. The van der Waals surface area contributed by atoms with Gasteiger partial charge in [0.15, 0.2) is 0 Å². The summed E-state index contributed by atoms with van der Waals surface area (Å²) >= 11 is 8.16. The number of hydrogen-bond donors (Lipinski definition) is 2. The number of fused-ring (bicyclic) bond motifs is 1. The smallest absolute Gasteiger partial charge is 0.423 e. The molecule has 2 aromatic rings. The van der Waals surface area contributed by atoms with E-state index in [9.17, 15) is 10.0 Å². The molecule has 0 aliphatic carbocycles. The van der Waals surface area contributed by atoms with E-state index < -0.39 is 7.12 Å². The zero-order chi connectivity index (χ0) is 10.3. The third-order valence-corrected chi connectivity index (χ3v) is 4.28. The molecular weight excluding hydrogens is 331 g/mol. The van der Waals surface area contributed by atoms with Crippen molar-refractivity contribution in [2.75, 3.05) is 0 Å². The molecule has 1 heterocycles. The monoisotopic (exact) mass is 334 g/mol. The number of halogens is 2. The van der Waals surface area contributed by atoms with Crippen molar-refractivity contribution in [1.82, 2.24) is 0 Å². The van der Waals surface area contributed by atoms with Crippen molar-refractivity contribution in [3.05, 3.63) is 26.5 Å².